The van der Waals surface area contributed by atoms with Crippen molar-refractivity contribution in [1.29, 1.82) is 0 Å². The lowest BCUT2D eigenvalue weighted by molar-refractivity contribution is -0.116. The van der Waals surface area contributed by atoms with Crippen LogP contribution in [0.4, 0.5) is 5.13 Å². The molecule has 3 aromatic rings. The summed E-state index contributed by atoms with van der Waals surface area (Å²) in [6.45, 7) is 0.338. The Morgan fingerprint density at radius 3 is 2.77 bits per heavy atom. The van der Waals surface area contributed by atoms with E-state index in [4.69, 9.17) is 4.74 Å². The molecule has 0 saturated carbocycles. The molecular weight excluding hydrogens is 364 g/mol. The van der Waals surface area contributed by atoms with Crippen LogP contribution in [-0.2, 0) is 4.79 Å². The summed E-state index contributed by atoms with van der Waals surface area (Å²) < 4.78 is 7.46. The standard InChI is InChI=1S/C16H13BrN2O2S/c17-12-7-4-8-13-15(12)19-16(22-13)18-14(20)9-10-21-11-5-2-1-3-6-11/h1-8H,9-10H2,(H,18,19,20). The van der Waals surface area contributed by atoms with Gasteiger partial charge in [0, 0.05) is 4.47 Å². The van der Waals surface area contributed by atoms with Crippen molar-refractivity contribution in [2.24, 2.45) is 0 Å². The number of ether oxygens (including phenoxy) is 1. The number of rotatable bonds is 5. The zero-order valence-electron chi connectivity index (χ0n) is 11.6. The topological polar surface area (TPSA) is 51.2 Å². The largest absolute Gasteiger partial charge is 0.493 e. The van der Waals surface area contributed by atoms with Crippen LogP contribution in [0, 0.1) is 0 Å². The maximum Gasteiger partial charge on any atom is 0.229 e. The lowest BCUT2D eigenvalue weighted by Gasteiger charge is -2.05. The maximum atomic E-state index is 11.9. The minimum Gasteiger partial charge on any atom is -0.493 e. The summed E-state index contributed by atoms with van der Waals surface area (Å²) in [5.74, 6) is 0.658. The van der Waals surface area contributed by atoms with Crippen LogP contribution in [0.25, 0.3) is 10.2 Å². The van der Waals surface area contributed by atoms with Crippen LogP contribution >= 0.6 is 27.3 Å². The van der Waals surface area contributed by atoms with Crippen LogP contribution in [0.15, 0.2) is 53.0 Å². The monoisotopic (exact) mass is 376 g/mol. The van der Waals surface area contributed by atoms with E-state index in [9.17, 15) is 4.79 Å². The van der Waals surface area contributed by atoms with Gasteiger partial charge < -0.3 is 10.1 Å². The minimum absolute atomic E-state index is 0.105. The van der Waals surface area contributed by atoms with Crippen LogP contribution in [0.3, 0.4) is 0 Å². The SMILES string of the molecule is O=C(CCOc1ccccc1)Nc1nc2c(Br)cccc2s1. The van der Waals surface area contributed by atoms with E-state index in [1.807, 2.05) is 48.5 Å². The highest BCUT2D eigenvalue weighted by Gasteiger charge is 2.09. The second kappa shape index (κ2) is 6.89. The molecule has 1 N–H and O–H groups in total. The van der Waals surface area contributed by atoms with Crippen molar-refractivity contribution < 1.29 is 9.53 Å². The number of carbonyl (C=O) groups excluding carboxylic acids is 1. The second-order valence-corrected chi connectivity index (χ2v) is 6.45. The molecule has 4 nitrogen and oxygen atoms in total. The molecule has 0 atom stereocenters. The predicted octanol–water partition coefficient (Wildman–Crippen LogP) is 4.47. The second-order valence-electron chi connectivity index (χ2n) is 4.57. The van der Waals surface area contributed by atoms with E-state index in [1.165, 1.54) is 11.3 Å². The third-order valence-electron chi connectivity index (χ3n) is 2.96. The highest BCUT2D eigenvalue weighted by Crippen LogP contribution is 2.30. The third kappa shape index (κ3) is 3.64. The summed E-state index contributed by atoms with van der Waals surface area (Å²) in [6.07, 6.45) is 0.284. The van der Waals surface area contributed by atoms with E-state index < -0.39 is 0 Å². The van der Waals surface area contributed by atoms with Gasteiger partial charge in [-0.3, -0.25) is 4.79 Å². The van der Waals surface area contributed by atoms with Crippen molar-refractivity contribution in [3.63, 3.8) is 0 Å². The summed E-state index contributed by atoms with van der Waals surface area (Å²) in [5, 5.41) is 3.42. The van der Waals surface area contributed by atoms with E-state index in [-0.39, 0.29) is 12.3 Å². The van der Waals surface area contributed by atoms with Gasteiger partial charge in [0.15, 0.2) is 5.13 Å². The summed E-state index contributed by atoms with van der Waals surface area (Å²) in [6, 6.07) is 15.3. The minimum atomic E-state index is -0.105. The molecule has 0 aliphatic rings. The van der Waals surface area contributed by atoms with Crippen molar-refractivity contribution in [1.82, 2.24) is 4.98 Å². The number of para-hydroxylation sites is 2. The number of thiazole rings is 1. The van der Waals surface area contributed by atoms with E-state index >= 15 is 0 Å². The van der Waals surface area contributed by atoms with Gasteiger partial charge in [0.05, 0.1) is 23.2 Å². The van der Waals surface area contributed by atoms with Crippen LogP contribution in [0.5, 0.6) is 5.75 Å². The fraction of sp³-hybridized carbons (Fsp3) is 0.125. The Balaban J connectivity index is 1.55. The Labute approximate surface area is 140 Å². The van der Waals surface area contributed by atoms with Crippen LogP contribution in [-0.4, -0.2) is 17.5 Å². The number of halogens is 1. The molecule has 112 valence electrons. The molecule has 1 heterocycles. The number of benzene rings is 2. The molecule has 2 aromatic carbocycles. The van der Waals surface area contributed by atoms with E-state index in [0.29, 0.717) is 11.7 Å². The fourth-order valence-electron chi connectivity index (χ4n) is 1.93. The predicted molar refractivity (Wildman–Crippen MR) is 92.5 cm³/mol. The molecule has 0 aliphatic carbocycles. The fourth-order valence-corrected chi connectivity index (χ4v) is 3.42. The number of nitrogens with one attached hydrogen (secondary N) is 1. The van der Waals surface area contributed by atoms with Crippen molar-refractivity contribution in [3.8, 4) is 5.75 Å². The Morgan fingerprint density at radius 2 is 2.00 bits per heavy atom. The van der Waals surface area contributed by atoms with Gasteiger partial charge in [-0.15, -0.1) is 0 Å². The van der Waals surface area contributed by atoms with Crippen LogP contribution in [0.1, 0.15) is 6.42 Å². The number of anilines is 1. The Hall–Kier alpha value is -1.92. The number of nitrogens with zero attached hydrogens (tertiary/aromatic N) is 1. The quantitative estimate of drug-likeness (QED) is 0.714. The number of hydrogen-bond acceptors (Lipinski definition) is 4. The molecule has 0 bridgehead atoms. The maximum absolute atomic E-state index is 11.9. The van der Waals surface area contributed by atoms with Crippen molar-refractivity contribution in [3.05, 3.63) is 53.0 Å². The first-order valence-corrected chi connectivity index (χ1v) is 8.36. The Morgan fingerprint density at radius 1 is 1.18 bits per heavy atom. The molecule has 0 unspecified atom stereocenters. The first-order chi connectivity index (χ1) is 10.7. The molecule has 6 heteroatoms. The highest BCUT2D eigenvalue weighted by atomic mass is 79.9. The Kier molecular flexibility index (Phi) is 4.70. The lowest BCUT2D eigenvalue weighted by atomic mass is 10.3. The van der Waals surface area contributed by atoms with Gasteiger partial charge in [-0.05, 0) is 40.2 Å². The zero-order valence-corrected chi connectivity index (χ0v) is 14.0. The summed E-state index contributed by atoms with van der Waals surface area (Å²) >= 11 is 4.91. The van der Waals surface area contributed by atoms with Crippen molar-refractivity contribution in [2.45, 2.75) is 6.42 Å². The molecule has 0 spiro atoms. The Bertz CT molecular complexity index is 789. The summed E-state index contributed by atoms with van der Waals surface area (Å²) in [5.41, 5.74) is 0.864. The molecular formula is C16H13BrN2O2S. The van der Waals surface area contributed by atoms with E-state index in [1.54, 1.807) is 0 Å². The molecule has 0 saturated heterocycles. The molecule has 22 heavy (non-hydrogen) atoms. The van der Waals surface area contributed by atoms with Gasteiger partial charge in [-0.1, -0.05) is 35.6 Å². The van der Waals surface area contributed by atoms with Gasteiger partial charge in [-0.2, -0.15) is 0 Å². The van der Waals surface area contributed by atoms with Gasteiger partial charge in [0.2, 0.25) is 5.91 Å². The van der Waals surface area contributed by atoms with Crippen LogP contribution < -0.4 is 10.1 Å². The zero-order chi connectivity index (χ0) is 15.4. The number of fused-ring (bicyclic) bond motifs is 1. The number of hydrogen-bond donors (Lipinski definition) is 1. The number of carbonyl (C=O) groups is 1. The van der Waals surface area contributed by atoms with Gasteiger partial charge >= 0.3 is 0 Å². The molecule has 1 aromatic heterocycles. The normalized spacial score (nSPS) is 10.6. The highest BCUT2D eigenvalue weighted by molar-refractivity contribution is 9.10. The number of amides is 1. The first kappa shape index (κ1) is 15.0. The third-order valence-corrected chi connectivity index (χ3v) is 4.53. The number of aromatic nitrogens is 1. The average molecular weight is 377 g/mol. The van der Waals surface area contributed by atoms with Gasteiger partial charge in [0.25, 0.3) is 0 Å². The van der Waals surface area contributed by atoms with Gasteiger partial charge in [0.1, 0.15) is 5.75 Å². The molecule has 0 aliphatic heterocycles. The smallest absolute Gasteiger partial charge is 0.229 e. The van der Waals surface area contributed by atoms with Crippen molar-refractivity contribution >= 4 is 48.5 Å². The summed E-state index contributed by atoms with van der Waals surface area (Å²) in [7, 11) is 0. The molecule has 1 amide bonds. The lowest BCUT2D eigenvalue weighted by Crippen LogP contribution is -2.14. The molecule has 3 rings (SSSR count). The van der Waals surface area contributed by atoms with Crippen LogP contribution in [0.2, 0.25) is 0 Å². The van der Waals surface area contributed by atoms with Crippen molar-refractivity contribution in [2.75, 3.05) is 11.9 Å². The van der Waals surface area contributed by atoms with E-state index in [0.717, 1.165) is 20.4 Å². The molecule has 0 fully saturated rings. The average Bonchev–Trinajstić information content (AvgIpc) is 2.92. The van der Waals surface area contributed by atoms with E-state index in [2.05, 4.69) is 26.2 Å². The molecule has 0 radical (unpaired) electrons. The first-order valence-electron chi connectivity index (χ1n) is 6.75. The summed E-state index contributed by atoms with van der Waals surface area (Å²) in [4.78, 5) is 16.3. The van der Waals surface area contributed by atoms with Gasteiger partial charge in [-0.25, -0.2) is 4.98 Å².